The van der Waals surface area contributed by atoms with Crippen LogP contribution in [0.15, 0.2) is 40.0 Å². The first-order valence-electron chi connectivity index (χ1n) is 5.20. The minimum atomic E-state index is -3.73. The predicted octanol–water partition coefficient (Wildman–Crippen LogP) is 2.64. The largest absolute Gasteiger partial charge is 0.480 e. The predicted molar refractivity (Wildman–Crippen MR) is 77.8 cm³/mol. The quantitative estimate of drug-likeness (QED) is 0.771. The molecule has 0 saturated heterocycles. The Kier molecular flexibility index (Phi) is 4.17. The van der Waals surface area contributed by atoms with Gasteiger partial charge >= 0.3 is 0 Å². The van der Waals surface area contributed by atoms with Gasteiger partial charge in [0.25, 0.3) is 9.05 Å². The summed E-state index contributed by atoms with van der Waals surface area (Å²) in [5.74, 6) is 0.404. The average Bonchev–Trinajstić information content (AvgIpc) is 2.38. The molecule has 0 radical (unpaired) electrons. The Morgan fingerprint density at radius 3 is 2.89 bits per heavy atom. The normalized spacial score (nSPS) is 15.3. The average molecular weight is 366 g/mol. The molecule has 1 aromatic heterocycles. The van der Waals surface area contributed by atoms with Gasteiger partial charge in [-0.05, 0) is 34.1 Å². The summed E-state index contributed by atoms with van der Waals surface area (Å²) >= 11 is 3.32. The summed E-state index contributed by atoms with van der Waals surface area (Å²) in [7, 11) is 3.13. The van der Waals surface area contributed by atoms with Gasteiger partial charge in [0.05, 0.1) is 18.6 Å². The second-order valence-corrected chi connectivity index (χ2v) is 7.26. The minimum Gasteiger partial charge on any atom is -0.480 e. The maximum atomic E-state index is 11.4. The van der Waals surface area contributed by atoms with Crippen molar-refractivity contribution in [3.63, 3.8) is 0 Å². The standard InChI is InChI=1S/C11H10BrClN2O3S/c1-18-11-10(5-8(12)6-14-11)15-4-2-3-9(7-15)19(13,16)17/h2-6H,7H2,1H3. The Hall–Kier alpha value is -1.05. The Bertz CT molecular complexity index is 658. The van der Waals surface area contributed by atoms with Crippen molar-refractivity contribution in [2.75, 3.05) is 18.6 Å². The molecule has 0 atom stereocenters. The lowest BCUT2D eigenvalue weighted by Crippen LogP contribution is -2.24. The molecule has 0 bridgehead atoms. The van der Waals surface area contributed by atoms with Crippen LogP contribution < -0.4 is 9.64 Å². The Morgan fingerprint density at radius 1 is 1.53 bits per heavy atom. The molecule has 0 N–H and O–H groups in total. The molecule has 0 aromatic carbocycles. The third kappa shape index (κ3) is 3.29. The van der Waals surface area contributed by atoms with Crippen LogP contribution in [0.1, 0.15) is 0 Å². The van der Waals surface area contributed by atoms with Gasteiger partial charge < -0.3 is 9.64 Å². The summed E-state index contributed by atoms with van der Waals surface area (Å²) < 4.78 is 28.7. The highest BCUT2D eigenvalue weighted by atomic mass is 79.9. The zero-order chi connectivity index (χ0) is 14.0. The zero-order valence-corrected chi connectivity index (χ0v) is 13.0. The van der Waals surface area contributed by atoms with Crippen molar-refractivity contribution >= 4 is 41.4 Å². The maximum Gasteiger partial charge on any atom is 0.259 e. The lowest BCUT2D eigenvalue weighted by molar-refractivity contribution is 0.398. The molecule has 0 amide bonds. The minimum absolute atomic E-state index is 0.124. The van der Waals surface area contributed by atoms with Crippen molar-refractivity contribution in [1.29, 1.82) is 0 Å². The molecule has 19 heavy (non-hydrogen) atoms. The van der Waals surface area contributed by atoms with E-state index in [0.29, 0.717) is 11.6 Å². The van der Waals surface area contributed by atoms with E-state index in [-0.39, 0.29) is 11.4 Å². The summed E-state index contributed by atoms with van der Waals surface area (Å²) in [6.45, 7) is 0.136. The highest BCUT2D eigenvalue weighted by Crippen LogP contribution is 2.31. The maximum absolute atomic E-state index is 11.4. The van der Waals surface area contributed by atoms with E-state index < -0.39 is 9.05 Å². The van der Waals surface area contributed by atoms with E-state index in [4.69, 9.17) is 15.4 Å². The molecule has 2 rings (SSSR count). The fourth-order valence-electron chi connectivity index (χ4n) is 1.63. The summed E-state index contributed by atoms with van der Waals surface area (Å²) in [6.07, 6.45) is 6.42. The van der Waals surface area contributed by atoms with Crippen molar-refractivity contribution < 1.29 is 13.2 Å². The topological polar surface area (TPSA) is 59.5 Å². The van der Waals surface area contributed by atoms with Crippen LogP contribution >= 0.6 is 26.6 Å². The molecule has 8 heteroatoms. The monoisotopic (exact) mass is 364 g/mol. The molecular formula is C11H10BrClN2O3S. The molecule has 2 heterocycles. The summed E-state index contributed by atoms with van der Waals surface area (Å²) in [5.41, 5.74) is 0.652. The van der Waals surface area contributed by atoms with E-state index in [1.165, 1.54) is 13.2 Å². The zero-order valence-electron chi connectivity index (χ0n) is 9.88. The fourth-order valence-corrected chi connectivity index (χ4v) is 2.78. The van der Waals surface area contributed by atoms with Crippen molar-refractivity contribution in [1.82, 2.24) is 4.98 Å². The number of aromatic nitrogens is 1. The van der Waals surface area contributed by atoms with Crippen LogP contribution in [-0.4, -0.2) is 27.1 Å². The molecule has 1 aromatic rings. The van der Waals surface area contributed by atoms with Gasteiger partial charge in [0.1, 0.15) is 5.69 Å². The van der Waals surface area contributed by atoms with Crippen LogP contribution in [0.25, 0.3) is 0 Å². The van der Waals surface area contributed by atoms with Gasteiger partial charge in [-0.2, -0.15) is 0 Å². The van der Waals surface area contributed by atoms with Gasteiger partial charge in [0.15, 0.2) is 0 Å². The van der Waals surface area contributed by atoms with Crippen molar-refractivity contribution in [3.8, 4) is 5.88 Å². The summed E-state index contributed by atoms with van der Waals surface area (Å²) in [6, 6.07) is 1.79. The fraction of sp³-hybridized carbons (Fsp3) is 0.182. The van der Waals surface area contributed by atoms with E-state index in [0.717, 1.165) is 4.47 Å². The number of halogens is 2. The SMILES string of the molecule is COc1ncc(Br)cc1N1C=CC=C(S(=O)(=O)Cl)C1. The summed E-state index contributed by atoms with van der Waals surface area (Å²) in [5, 5.41) is 0. The molecule has 1 aliphatic heterocycles. The first-order valence-corrected chi connectivity index (χ1v) is 8.30. The number of methoxy groups -OCH3 is 1. The first-order chi connectivity index (χ1) is 8.91. The molecule has 0 spiro atoms. The third-order valence-corrected chi connectivity index (χ3v) is 4.41. The van der Waals surface area contributed by atoms with Crippen LogP contribution in [0.3, 0.4) is 0 Å². The van der Waals surface area contributed by atoms with Gasteiger partial charge in [0.2, 0.25) is 5.88 Å². The first kappa shape index (κ1) is 14.4. The Labute approximate surface area is 124 Å². The van der Waals surface area contributed by atoms with Gasteiger partial charge in [-0.25, -0.2) is 13.4 Å². The molecule has 0 saturated carbocycles. The summed E-state index contributed by atoms with van der Waals surface area (Å²) in [4.78, 5) is 5.94. The highest BCUT2D eigenvalue weighted by molar-refractivity contribution is 9.10. The van der Waals surface area contributed by atoms with Crippen molar-refractivity contribution in [2.45, 2.75) is 0 Å². The lowest BCUT2D eigenvalue weighted by atomic mass is 10.3. The van der Waals surface area contributed by atoms with Crippen LogP contribution in [0.5, 0.6) is 5.88 Å². The molecule has 0 unspecified atom stereocenters. The second kappa shape index (κ2) is 5.52. The van der Waals surface area contributed by atoms with Crippen LogP contribution in [0.2, 0.25) is 0 Å². The number of ether oxygens (including phenoxy) is 1. The smallest absolute Gasteiger partial charge is 0.259 e. The number of anilines is 1. The van der Waals surface area contributed by atoms with E-state index in [1.807, 2.05) is 0 Å². The molecule has 0 fully saturated rings. The molecular weight excluding hydrogens is 356 g/mol. The van der Waals surface area contributed by atoms with Crippen molar-refractivity contribution in [2.24, 2.45) is 0 Å². The number of nitrogens with zero attached hydrogens (tertiary/aromatic N) is 2. The number of rotatable bonds is 3. The Balaban J connectivity index is 2.38. The number of hydrogen-bond acceptors (Lipinski definition) is 5. The van der Waals surface area contributed by atoms with Crippen molar-refractivity contribution in [3.05, 3.63) is 40.0 Å². The van der Waals surface area contributed by atoms with Gasteiger partial charge in [-0.15, -0.1) is 0 Å². The van der Waals surface area contributed by atoms with E-state index >= 15 is 0 Å². The third-order valence-electron chi connectivity index (χ3n) is 2.49. The van der Waals surface area contributed by atoms with Gasteiger partial charge in [-0.1, -0.05) is 0 Å². The van der Waals surface area contributed by atoms with Crippen LogP contribution in [0.4, 0.5) is 5.69 Å². The van der Waals surface area contributed by atoms with E-state index in [9.17, 15) is 8.42 Å². The molecule has 5 nitrogen and oxygen atoms in total. The van der Waals surface area contributed by atoms with E-state index in [2.05, 4.69) is 20.9 Å². The second-order valence-electron chi connectivity index (χ2n) is 3.72. The number of allylic oxidation sites excluding steroid dienone is 2. The van der Waals surface area contributed by atoms with Gasteiger partial charge in [0, 0.05) is 27.6 Å². The molecule has 102 valence electrons. The van der Waals surface area contributed by atoms with Crippen LogP contribution in [0, 0.1) is 0 Å². The number of pyridine rings is 1. The van der Waals surface area contributed by atoms with Crippen LogP contribution in [-0.2, 0) is 9.05 Å². The highest BCUT2D eigenvalue weighted by Gasteiger charge is 2.21. The Morgan fingerprint density at radius 2 is 2.26 bits per heavy atom. The molecule has 0 aliphatic carbocycles. The number of hydrogen-bond donors (Lipinski definition) is 0. The van der Waals surface area contributed by atoms with Gasteiger partial charge in [-0.3, -0.25) is 0 Å². The van der Waals surface area contributed by atoms with E-state index in [1.54, 1.807) is 29.4 Å². The lowest BCUT2D eigenvalue weighted by Gasteiger charge is -2.24. The molecule has 1 aliphatic rings.